The molecule has 7 heterocycles. The molecule has 15 heteroatoms. The first-order valence-corrected chi connectivity index (χ1v) is 19.8. The van der Waals surface area contributed by atoms with Gasteiger partial charge in [0.1, 0.15) is 18.3 Å². The first-order valence-electron chi connectivity index (χ1n) is 19.8. The van der Waals surface area contributed by atoms with Gasteiger partial charge in [-0.05, 0) is 73.0 Å². The van der Waals surface area contributed by atoms with Crippen molar-refractivity contribution in [1.82, 2.24) is 29.7 Å². The lowest BCUT2D eigenvalue weighted by molar-refractivity contribution is -0.149. The molecule has 0 radical (unpaired) electrons. The Balaban J connectivity index is 0.00000249. The number of carbonyl (C=O) groups is 4. The fraction of sp³-hybridized carbons (Fsp3) is 0.326. The number of imide groups is 2. The van der Waals surface area contributed by atoms with Crippen molar-refractivity contribution < 1.29 is 26.8 Å². The van der Waals surface area contributed by atoms with Gasteiger partial charge >= 0.3 is 0 Å². The maximum Gasteiger partial charge on any atom is 0.262 e. The molecule has 15 nitrogen and oxygen atoms in total. The molecule has 58 heavy (non-hydrogen) atoms. The van der Waals surface area contributed by atoms with E-state index in [-0.39, 0.29) is 21.6 Å². The van der Waals surface area contributed by atoms with Gasteiger partial charge in [-0.3, -0.25) is 33.9 Å². The zero-order valence-corrected chi connectivity index (χ0v) is 32.3. The maximum atomic E-state index is 13.4. The average molecular weight is 783 g/mol. The van der Waals surface area contributed by atoms with Crippen molar-refractivity contribution >= 4 is 63.2 Å². The second-order valence-electron chi connectivity index (χ2n) is 15.5. The number of likely N-dealkylation sites (N-methyl/N-ethyl adjacent to an activating group) is 1. The molecule has 0 aliphatic carbocycles. The number of amides is 4. The summed E-state index contributed by atoms with van der Waals surface area (Å²) < 4.78 is 5.71. The van der Waals surface area contributed by atoms with Gasteiger partial charge in [-0.1, -0.05) is 12.1 Å². The number of pyridine rings is 1. The summed E-state index contributed by atoms with van der Waals surface area (Å²) >= 11 is 0. The quantitative estimate of drug-likeness (QED) is 0.218. The van der Waals surface area contributed by atoms with E-state index in [1.807, 2.05) is 24.5 Å². The minimum absolute atomic E-state index is 0. The van der Waals surface area contributed by atoms with Gasteiger partial charge in [-0.15, -0.1) is 0 Å². The molecule has 2 aromatic heterocycles. The monoisotopic (exact) mass is 782 g/mol. The van der Waals surface area contributed by atoms with Gasteiger partial charge in [-0.2, -0.15) is 0 Å². The summed E-state index contributed by atoms with van der Waals surface area (Å²) in [7, 11) is 1.40. The number of piperidine rings is 1. The minimum atomic E-state index is -0.955. The van der Waals surface area contributed by atoms with Crippen LogP contribution in [0.5, 0.6) is 5.88 Å². The molecule has 5 aliphatic heterocycles. The Labute approximate surface area is 337 Å². The van der Waals surface area contributed by atoms with Gasteiger partial charge in [0.2, 0.25) is 17.7 Å². The predicted molar refractivity (Wildman–Crippen MR) is 223 cm³/mol. The van der Waals surface area contributed by atoms with Crippen molar-refractivity contribution in [3.63, 3.8) is 0 Å². The first kappa shape index (κ1) is 35.8. The van der Waals surface area contributed by atoms with E-state index >= 15 is 0 Å². The fourth-order valence-corrected chi connectivity index (χ4v) is 8.75. The van der Waals surface area contributed by atoms with Crippen LogP contribution in [0.4, 0.5) is 28.7 Å². The van der Waals surface area contributed by atoms with E-state index in [1.165, 1.54) is 7.05 Å². The molecule has 4 amide bonds. The molecule has 298 valence electrons. The van der Waals surface area contributed by atoms with E-state index in [0.29, 0.717) is 35.6 Å². The Morgan fingerprint density at radius 3 is 2.41 bits per heavy atom. The molecular weight excluding hydrogens is 737 g/mol. The van der Waals surface area contributed by atoms with E-state index in [9.17, 15) is 19.2 Å². The number of benzene rings is 3. The topological polar surface area (TPSA) is 156 Å². The standard InChI is InChI=1S/C43H42N10O5.2H2/c1-25-34(22-45-39-38(25)44-13-18-58-39)26-3-4-27-21-46-43(48-35(27)19-26)47-28-5-7-29(8-6-28)50-14-16-51(17-15-50)31-23-52(24-31)30-9-10-32-33(20-30)41(56)53(40(32)55)36-11-12-37(54)49(2)42(36)57;;/h3-10,19-22,31,36,44H,11-18,23-24H2,1-2H3,(H,46,47,48);2*1H. The highest BCUT2D eigenvalue weighted by atomic mass is 16.5. The van der Waals surface area contributed by atoms with Crippen LogP contribution >= 0.6 is 0 Å². The van der Waals surface area contributed by atoms with E-state index < -0.39 is 23.8 Å². The number of carbonyl (C=O) groups excluding carboxylic acids is 4. The summed E-state index contributed by atoms with van der Waals surface area (Å²) in [6.07, 6.45) is 3.97. The maximum absolute atomic E-state index is 13.4. The van der Waals surface area contributed by atoms with Gasteiger partial charge in [0.15, 0.2) is 0 Å². The molecule has 3 saturated heterocycles. The Morgan fingerprint density at radius 1 is 0.828 bits per heavy atom. The van der Waals surface area contributed by atoms with Crippen LogP contribution in [0.15, 0.2) is 73.1 Å². The minimum Gasteiger partial charge on any atom is -0.474 e. The summed E-state index contributed by atoms with van der Waals surface area (Å²) in [5.41, 5.74) is 8.52. The van der Waals surface area contributed by atoms with Crippen LogP contribution in [0.1, 0.15) is 42.0 Å². The fourth-order valence-electron chi connectivity index (χ4n) is 8.75. The SMILES string of the molecule is Cc1c(-c2ccc3cnc(Nc4ccc(N5CCN(C6CN(c7ccc8c(c7)C(=O)N(C7CCC(=O)N(C)C7=O)C8=O)C6)CC5)cc4)nc3c2)cnc2c1NCCO2.[HH].[HH]. The summed E-state index contributed by atoms with van der Waals surface area (Å²) in [6.45, 7) is 8.80. The van der Waals surface area contributed by atoms with Crippen LogP contribution in [0.25, 0.3) is 22.0 Å². The molecule has 5 aliphatic rings. The van der Waals surface area contributed by atoms with Crippen LogP contribution in [0.2, 0.25) is 0 Å². The van der Waals surface area contributed by atoms with Crippen molar-refractivity contribution in [3.05, 3.63) is 89.7 Å². The smallest absolute Gasteiger partial charge is 0.262 e. The highest BCUT2D eigenvalue weighted by molar-refractivity contribution is 6.23. The van der Waals surface area contributed by atoms with E-state index in [1.54, 1.807) is 12.1 Å². The summed E-state index contributed by atoms with van der Waals surface area (Å²) in [5, 5.41) is 7.75. The third-order valence-electron chi connectivity index (χ3n) is 12.2. The lowest BCUT2D eigenvalue weighted by atomic mass is 10.00. The first-order chi connectivity index (χ1) is 28.2. The number of hydrogen-bond donors (Lipinski definition) is 2. The van der Waals surface area contributed by atoms with Crippen molar-refractivity contribution in [2.75, 3.05) is 79.9 Å². The highest BCUT2D eigenvalue weighted by Crippen LogP contribution is 2.37. The molecule has 3 fully saturated rings. The van der Waals surface area contributed by atoms with Crippen LogP contribution in [0.3, 0.4) is 0 Å². The van der Waals surface area contributed by atoms with Crippen molar-refractivity contribution in [3.8, 4) is 17.0 Å². The number of fused-ring (bicyclic) bond motifs is 3. The van der Waals surface area contributed by atoms with Crippen molar-refractivity contribution in [1.29, 1.82) is 0 Å². The van der Waals surface area contributed by atoms with Crippen LogP contribution in [0, 0.1) is 6.92 Å². The molecule has 0 bridgehead atoms. The van der Waals surface area contributed by atoms with E-state index in [2.05, 4.69) is 78.6 Å². The van der Waals surface area contributed by atoms with Crippen LogP contribution < -0.4 is 25.2 Å². The van der Waals surface area contributed by atoms with Gasteiger partial charge in [0, 0.05) is 109 Å². The zero-order chi connectivity index (χ0) is 39.7. The normalized spacial score (nSPS) is 19.9. The number of nitrogens with one attached hydrogen (secondary N) is 2. The zero-order valence-electron chi connectivity index (χ0n) is 32.3. The number of anilines is 5. The third-order valence-corrected chi connectivity index (χ3v) is 12.2. The lowest BCUT2D eigenvalue weighted by Crippen LogP contribution is -2.63. The molecule has 1 unspecified atom stereocenters. The van der Waals surface area contributed by atoms with Crippen LogP contribution in [-0.2, 0) is 9.59 Å². The number of rotatable bonds is 7. The predicted octanol–water partition coefficient (Wildman–Crippen LogP) is 4.79. The Kier molecular flexibility index (Phi) is 8.69. The number of hydrogen-bond acceptors (Lipinski definition) is 13. The number of likely N-dealkylation sites (tertiary alicyclic amines) is 1. The summed E-state index contributed by atoms with van der Waals surface area (Å²) in [4.78, 5) is 74.6. The van der Waals surface area contributed by atoms with Crippen molar-refractivity contribution in [2.45, 2.75) is 31.8 Å². The Bertz CT molecular complexity index is 2530. The second-order valence-corrected chi connectivity index (χ2v) is 15.5. The molecule has 3 aromatic carbocycles. The second kappa shape index (κ2) is 14.1. The van der Waals surface area contributed by atoms with Gasteiger partial charge in [0.25, 0.3) is 17.7 Å². The number of ether oxygens (including phenoxy) is 1. The highest BCUT2D eigenvalue weighted by Gasteiger charge is 2.46. The number of aromatic nitrogens is 3. The van der Waals surface area contributed by atoms with E-state index in [0.717, 1.165) is 106 Å². The van der Waals surface area contributed by atoms with Crippen molar-refractivity contribution in [2.24, 2.45) is 0 Å². The van der Waals surface area contributed by atoms with E-state index in [4.69, 9.17) is 9.72 Å². The largest absolute Gasteiger partial charge is 0.474 e. The molecule has 2 N–H and O–H groups in total. The summed E-state index contributed by atoms with van der Waals surface area (Å²) in [6, 6.07) is 19.4. The molecule has 5 aromatic rings. The van der Waals surface area contributed by atoms with Gasteiger partial charge in [-0.25, -0.2) is 15.0 Å². The van der Waals surface area contributed by atoms with Crippen LogP contribution in [-0.4, -0.2) is 125 Å². The average Bonchev–Trinajstić information content (AvgIpc) is 3.48. The lowest BCUT2D eigenvalue weighted by Gasteiger charge is -2.49. The molecule has 0 saturated carbocycles. The third kappa shape index (κ3) is 6.13. The number of nitrogens with zero attached hydrogens (tertiary/aromatic N) is 8. The summed E-state index contributed by atoms with van der Waals surface area (Å²) in [5.74, 6) is -0.593. The molecule has 0 spiro atoms. The van der Waals surface area contributed by atoms with Gasteiger partial charge < -0.3 is 25.2 Å². The molecular formula is C43H46N10O5. The van der Waals surface area contributed by atoms with Gasteiger partial charge in [0.05, 0.1) is 16.6 Å². The Hall–Kier alpha value is -6.61. The number of piperazine rings is 1. The Morgan fingerprint density at radius 2 is 1.60 bits per heavy atom. The molecule has 1 atom stereocenters. The molecule has 10 rings (SSSR count).